The molecule has 0 saturated carbocycles. The predicted molar refractivity (Wildman–Crippen MR) is 62.9 cm³/mol. The van der Waals surface area contributed by atoms with Crippen LogP contribution in [0, 0.1) is 0 Å². The summed E-state index contributed by atoms with van der Waals surface area (Å²) in [4.78, 5) is 3.91. The number of aromatic nitrogens is 1. The van der Waals surface area contributed by atoms with Crippen LogP contribution in [0.15, 0.2) is 42.7 Å². The van der Waals surface area contributed by atoms with E-state index in [1.807, 2.05) is 0 Å². The van der Waals surface area contributed by atoms with E-state index in [-0.39, 0.29) is 5.75 Å². The van der Waals surface area contributed by atoms with Gasteiger partial charge >= 0.3 is 6.36 Å². The molecule has 0 aliphatic rings. The number of alkyl halides is 3. The quantitative estimate of drug-likeness (QED) is 0.852. The van der Waals surface area contributed by atoms with Gasteiger partial charge in [0, 0.05) is 17.3 Å². The summed E-state index contributed by atoms with van der Waals surface area (Å²) in [5, 5.41) is 0. The van der Waals surface area contributed by atoms with E-state index in [4.69, 9.17) is 4.74 Å². The highest BCUT2D eigenvalue weighted by Gasteiger charge is 2.32. The van der Waals surface area contributed by atoms with Crippen LogP contribution >= 0.6 is 0 Å². The van der Waals surface area contributed by atoms with Crippen LogP contribution in [0.5, 0.6) is 11.5 Å². The van der Waals surface area contributed by atoms with Gasteiger partial charge in [0.1, 0.15) is 11.5 Å². The van der Waals surface area contributed by atoms with E-state index in [2.05, 4.69) is 9.72 Å². The summed E-state index contributed by atoms with van der Waals surface area (Å²) in [5.41, 5.74) is 0.783. The molecule has 0 N–H and O–H groups in total. The first-order chi connectivity index (χ1) is 8.99. The lowest BCUT2D eigenvalue weighted by atomic mass is 10.1. The molecule has 1 aromatic heterocycles. The van der Waals surface area contributed by atoms with Gasteiger partial charge < -0.3 is 9.47 Å². The minimum Gasteiger partial charge on any atom is -0.495 e. The Morgan fingerprint density at radius 3 is 2.53 bits per heavy atom. The summed E-state index contributed by atoms with van der Waals surface area (Å²) in [6, 6.07) is 7.46. The molecular formula is C13H10F3NO2. The highest BCUT2D eigenvalue weighted by molar-refractivity contribution is 5.70. The number of para-hydroxylation sites is 1. The van der Waals surface area contributed by atoms with Gasteiger partial charge in [0.05, 0.1) is 13.3 Å². The zero-order chi connectivity index (χ0) is 13.9. The van der Waals surface area contributed by atoms with E-state index in [9.17, 15) is 13.2 Å². The van der Waals surface area contributed by atoms with Crippen molar-refractivity contribution in [3.63, 3.8) is 0 Å². The Morgan fingerprint density at radius 1 is 1.11 bits per heavy atom. The van der Waals surface area contributed by atoms with Crippen LogP contribution < -0.4 is 9.47 Å². The molecule has 2 aromatic rings. The molecule has 0 bridgehead atoms. The number of hydrogen-bond donors (Lipinski definition) is 0. The van der Waals surface area contributed by atoms with Gasteiger partial charge in [-0.1, -0.05) is 18.2 Å². The van der Waals surface area contributed by atoms with Gasteiger partial charge in [-0.3, -0.25) is 4.98 Å². The van der Waals surface area contributed by atoms with Crippen molar-refractivity contribution in [2.45, 2.75) is 6.36 Å². The monoisotopic (exact) mass is 269 g/mol. The molecule has 100 valence electrons. The summed E-state index contributed by atoms with van der Waals surface area (Å²) >= 11 is 0. The molecule has 0 amide bonds. The van der Waals surface area contributed by atoms with Crippen LogP contribution in [0.4, 0.5) is 13.2 Å². The first-order valence-corrected chi connectivity index (χ1v) is 5.34. The van der Waals surface area contributed by atoms with E-state index in [0.29, 0.717) is 16.9 Å². The van der Waals surface area contributed by atoms with Gasteiger partial charge in [-0.15, -0.1) is 13.2 Å². The molecule has 0 fully saturated rings. The zero-order valence-electron chi connectivity index (χ0n) is 9.94. The highest BCUT2D eigenvalue weighted by Crippen LogP contribution is 2.34. The number of hydrogen-bond acceptors (Lipinski definition) is 3. The first kappa shape index (κ1) is 13.2. The molecular weight excluding hydrogens is 259 g/mol. The summed E-state index contributed by atoms with van der Waals surface area (Å²) < 4.78 is 45.9. The average molecular weight is 269 g/mol. The van der Waals surface area contributed by atoms with Crippen molar-refractivity contribution in [2.24, 2.45) is 0 Å². The molecule has 0 saturated heterocycles. The number of pyridine rings is 1. The topological polar surface area (TPSA) is 31.4 Å². The van der Waals surface area contributed by atoms with Crippen molar-refractivity contribution in [1.82, 2.24) is 4.98 Å². The lowest BCUT2D eigenvalue weighted by Crippen LogP contribution is -2.17. The van der Waals surface area contributed by atoms with Gasteiger partial charge in [-0.25, -0.2) is 0 Å². The molecule has 2 rings (SSSR count). The summed E-state index contributed by atoms with van der Waals surface area (Å²) in [6.07, 6.45) is -1.82. The largest absolute Gasteiger partial charge is 0.573 e. The molecule has 0 radical (unpaired) electrons. The molecule has 0 unspecified atom stereocenters. The molecule has 0 spiro atoms. The molecule has 1 heterocycles. The fourth-order valence-electron chi connectivity index (χ4n) is 1.60. The molecule has 6 heteroatoms. The van der Waals surface area contributed by atoms with Crippen LogP contribution in [-0.2, 0) is 0 Å². The maximum absolute atomic E-state index is 12.3. The molecule has 0 aliphatic heterocycles. The van der Waals surface area contributed by atoms with E-state index >= 15 is 0 Å². The van der Waals surface area contributed by atoms with Crippen LogP contribution in [0.3, 0.4) is 0 Å². The second-order valence-electron chi connectivity index (χ2n) is 3.66. The van der Waals surface area contributed by atoms with Crippen LogP contribution in [0.1, 0.15) is 0 Å². The van der Waals surface area contributed by atoms with Crippen molar-refractivity contribution < 1.29 is 22.6 Å². The lowest BCUT2D eigenvalue weighted by molar-refractivity contribution is -0.274. The summed E-state index contributed by atoms with van der Waals surface area (Å²) in [6.45, 7) is 0. The van der Waals surface area contributed by atoms with Crippen LogP contribution in [0.25, 0.3) is 11.1 Å². The number of benzene rings is 1. The van der Waals surface area contributed by atoms with Crippen LogP contribution in [0.2, 0.25) is 0 Å². The Morgan fingerprint density at radius 2 is 1.84 bits per heavy atom. The highest BCUT2D eigenvalue weighted by atomic mass is 19.4. The minimum absolute atomic E-state index is 0.273. The third-order valence-electron chi connectivity index (χ3n) is 2.37. The van der Waals surface area contributed by atoms with Gasteiger partial charge in [-0.05, 0) is 12.1 Å². The van der Waals surface area contributed by atoms with Crippen molar-refractivity contribution in [1.29, 1.82) is 0 Å². The van der Waals surface area contributed by atoms with E-state index < -0.39 is 6.36 Å². The van der Waals surface area contributed by atoms with Crippen molar-refractivity contribution in [3.8, 4) is 22.6 Å². The Hall–Kier alpha value is -2.24. The normalized spacial score (nSPS) is 11.2. The van der Waals surface area contributed by atoms with Gasteiger partial charge in [0.25, 0.3) is 0 Å². The molecule has 19 heavy (non-hydrogen) atoms. The average Bonchev–Trinajstić information content (AvgIpc) is 2.37. The fourth-order valence-corrected chi connectivity index (χ4v) is 1.60. The standard InChI is InChI=1S/C13H10F3NO2/c1-18-10-6-9(7-17-8-10)11-4-2-3-5-12(11)19-13(14,15)16/h2-8H,1H3. The van der Waals surface area contributed by atoms with Crippen molar-refractivity contribution >= 4 is 0 Å². The van der Waals surface area contributed by atoms with Crippen molar-refractivity contribution in [2.75, 3.05) is 7.11 Å². The van der Waals surface area contributed by atoms with Crippen molar-refractivity contribution in [3.05, 3.63) is 42.7 Å². The Balaban J connectivity index is 2.44. The molecule has 1 aromatic carbocycles. The third kappa shape index (κ3) is 3.37. The maximum atomic E-state index is 12.3. The zero-order valence-corrected chi connectivity index (χ0v) is 9.94. The molecule has 3 nitrogen and oxygen atoms in total. The van der Waals surface area contributed by atoms with Gasteiger partial charge in [-0.2, -0.15) is 0 Å². The predicted octanol–water partition coefficient (Wildman–Crippen LogP) is 3.66. The summed E-state index contributed by atoms with van der Waals surface area (Å²) in [7, 11) is 1.46. The van der Waals surface area contributed by atoms with E-state index in [0.717, 1.165) is 0 Å². The number of halogens is 3. The molecule has 0 atom stereocenters. The summed E-state index contributed by atoms with van der Waals surface area (Å²) in [5.74, 6) is 0.185. The second-order valence-corrected chi connectivity index (χ2v) is 3.66. The first-order valence-electron chi connectivity index (χ1n) is 5.34. The third-order valence-corrected chi connectivity index (χ3v) is 2.37. The van der Waals surface area contributed by atoms with Gasteiger partial charge in [0.15, 0.2) is 0 Å². The van der Waals surface area contributed by atoms with Crippen LogP contribution in [-0.4, -0.2) is 18.5 Å². The Labute approximate surface area is 107 Å². The SMILES string of the molecule is COc1cncc(-c2ccccc2OC(F)(F)F)c1. The fraction of sp³-hybridized carbons (Fsp3) is 0.154. The Bertz CT molecular complexity index is 570. The maximum Gasteiger partial charge on any atom is 0.573 e. The lowest BCUT2D eigenvalue weighted by Gasteiger charge is -2.13. The van der Waals surface area contributed by atoms with E-state index in [1.54, 1.807) is 12.1 Å². The number of nitrogens with zero attached hydrogens (tertiary/aromatic N) is 1. The second kappa shape index (κ2) is 5.17. The Kier molecular flexibility index (Phi) is 3.59. The van der Waals surface area contributed by atoms with Gasteiger partial charge in [0.2, 0.25) is 0 Å². The molecule has 0 aliphatic carbocycles. The smallest absolute Gasteiger partial charge is 0.495 e. The number of ether oxygens (including phenoxy) is 2. The minimum atomic E-state index is -4.73. The van der Waals surface area contributed by atoms with E-state index in [1.165, 1.54) is 37.7 Å². The number of methoxy groups -OCH3 is 1. The number of rotatable bonds is 3.